The fraction of sp³-hybridized carbons (Fsp3) is 0.724. The molecule has 0 saturated heterocycles. The summed E-state index contributed by atoms with van der Waals surface area (Å²) in [7, 11) is 1.41. The number of nitrogens with zero attached hydrogens (tertiary/aromatic N) is 1. The number of carbonyl (C=O) groups is 2. The van der Waals surface area contributed by atoms with Gasteiger partial charge in [-0.1, -0.05) is 18.5 Å². The molecule has 208 valence electrons. The van der Waals surface area contributed by atoms with Gasteiger partial charge in [-0.15, -0.1) is 0 Å². The van der Waals surface area contributed by atoms with Gasteiger partial charge in [-0.05, 0) is 87.0 Å². The topological polar surface area (TPSA) is 106 Å². The zero-order chi connectivity index (χ0) is 26.9. The minimum absolute atomic E-state index is 0.0175. The van der Waals surface area contributed by atoms with Crippen LogP contribution >= 0.6 is 0 Å². The highest BCUT2D eigenvalue weighted by atomic mass is 19.1. The maximum atomic E-state index is 14.9. The Bertz CT molecular complexity index is 1050. The molecule has 38 heavy (non-hydrogen) atoms. The van der Waals surface area contributed by atoms with E-state index in [1.807, 2.05) is 0 Å². The van der Waals surface area contributed by atoms with E-state index in [1.54, 1.807) is 0 Å². The predicted octanol–water partition coefficient (Wildman–Crippen LogP) is 4.99. The van der Waals surface area contributed by atoms with E-state index in [2.05, 4.69) is 22.7 Å². The number of methoxy groups -OCH3 is 1. The summed E-state index contributed by atoms with van der Waals surface area (Å²) in [4.78, 5) is 37.4. The number of ether oxygens (including phenoxy) is 2. The fourth-order valence-electron chi connectivity index (χ4n) is 7.17. The SMILES string of the molecule is COc1cc(F)c(OC2CCC(CN=O)CC2)cc1C(=O)NC1C2CCC(C2)C1C(=O)NCC1(C)CCC1. The molecule has 0 spiro atoms. The number of amides is 2. The van der Waals surface area contributed by atoms with Gasteiger partial charge in [0.15, 0.2) is 11.6 Å². The van der Waals surface area contributed by atoms with Crippen molar-refractivity contribution in [1.29, 1.82) is 0 Å². The van der Waals surface area contributed by atoms with Crippen LogP contribution in [-0.2, 0) is 4.79 Å². The molecule has 4 aliphatic rings. The molecule has 1 aromatic rings. The Morgan fingerprint density at radius 1 is 1.08 bits per heavy atom. The number of nitroso groups, excluding NO2 is 1. The van der Waals surface area contributed by atoms with Crippen molar-refractivity contribution in [2.24, 2.45) is 34.3 Å². The quantitative estimate of drug-likeness (QED) is 0.416. The van der Waals surface area contributed by atoms with Crippen molar-refractivity contribution in [3.05, 3.63) is 28.4 Å². The van der Waals surface area contributed by atoms with Crippen LogP contribution < -0.4 is 20.1 Å². The van der Waals surface area contributed by atoms with Crippen molar-refractivity contribution >= 4 is 11.8 Å². The first-order valence-electron chi connectivity index (χ1n) is 14.2. The minimum atomic E-state index is -0.586. The van der Waals surface area contributed by atoms with Crippen LogP contribution in [0.3, 0.4) is 0 Å². The zero-order valence-electron chi connectivity index (χ0n) is 22.5. The second-order valence-corrected chi connectivity index (χ2v) is 12.3. The van der Waals surface area contributed by atoms with Gasteiger partial charge < -0.3 is 20.1 Å². The van der Waals surface area contributed by atoms with Gasteiger partial charge in [0.1, 0.15) is 5.75 Å². The molecule has 2 N–H and O–H groups in total. The van der Waals surface area contributed by atoms with Gasteiger partial charge >= 0.3 is 0 Å². The van der Waals surface area contributed by atoms with Crippen LogP contribution in [0.2, 0.25) is 0 Å². The second-order valence-electron chi connectivity index (χ2n) is 12.3. The van der Waals surface area contributed by atoms with Crippen LogP contribution in [0.5, 0.6) is 11.5 Å². The average Bonchev–Trinajstić information content (AvgIpc) is 3.50. The van der Waals surface area contributed by atoms with Gasteiger partial charge in [-0.25, -0.2) is 4.39 Å². The molecule has 0 radical (unpaired) electrons. The van der Waals surface area contributed by atoms with E-state index in [4.69, 9.17) is 9.47 Å². The Balaban J connectivity index is 1.27. The van der Waals surface area contributed by atoms with Gasteiger partial charge in [0.25, 0.3) is 5.91 Å². The second kappa shape index (κ2) is 11.2. The number of fused-ring (bicyclic) bond motifs is 2. The summed E-state index contributed by atoms with van der Waals surface area (Å²) in [6, 6.07) is 2.36. The fourth-order valence-corrected chi connectivity index (χ4v) is 7.17. The summed E-state index contributed by atoms with van der Waals surface area (Å²) in [6.07, 6.45) is 9.25. The molecule has 4 saturated carbocycles. The Morgan fingerprint density at radius 3 is 2.47 bits per heavy atom. The van der Waals surface area contributed by atoms with Gasteiger partial charge in [0, 0.05) is 18.7 Å². The third kappa shape index (κ3) is 5.52. The lowest BCUT2D eigenvalue weighted by Crippen LogP contribution is -2.51. The summed E-state index contributed by atoms with van der Waals surface area (Å²) in [5, 5.41) is 9.31. The standard InChI is InChI=1S/C29H40FN3O5/c1-29(10-3-11-29)16-31-28(35)25-18-6-7-19(12-18)26(25)33-27(34)21-13-24(22(30)14-23(21)37-2)38-20-8-4-17(5-9-20)15-32-36/h13-14,17-20,25-26H,3-12,15-16H2,1-2H3,(H,31,35)(H,33,34). The molecule has 4 aliphatic carbocycles. The van der Waals surface area contributed by atoms with E-state index in [0.717, 1.165) is 44.9 Å². The summed E-state index contributed by atoms with van der Waals surface area (Å²) >= 11 is 0. The van der Waals surface area contributed by atoms with Crippen LogP contribution in [0, 0.1) is 39.8 Å². The van der Waals surface area contributed by atoms with Crippen molar-refractivity contribution in [2.75, 3.05) is 20.2 Å². The third-order valence-electron chi connectivity index (χ3n) is 9.69. The lowest BCUT2D eigenvalue weighted by molar-refractivity contribution is -0.128. The van der Waals surface area contributed by atoms with Crippen LogP contribution in [0.25, 0.3) is 0 Å². The van der Waals surface area contributed by atoms with Crippen LogP contribution in [-0.4, -0.2) is 44.2 Å². The lowest BCUT2D eigenvalue weighted by atomic mass is 9.70. The van der Waals surface area contributed by atoms with Crippen molar-refractivity contribution in [3.8, 4) is 11.5 Å². The molecule has 4 atom stereocenters. The van der Waals surface area contributed by atoms with Gasteiger partial charge in [0.05, 0.1) is 31.2 Å². The Kier molecular flexibility index (Phi) is 7.91. The van der Waals surface area contributed by atoms with Gasteiger partial charge in [0.2, 0.25) is 5.91 Å². The summed E-state index contributed by atoms with van der Waals surface area (Å²) < 4.78 is 26.2. The van der Waals surface area contributed by atoms with E-state index < -0.39 is 5.82 Å². The molecule has 4 unspecified atom stereocenters. The van der Waals surface area contributed by atoms with Crippen molar-refractivity contribution in [2.45, 2.75) is 83.3 Å². The molecule has 9 heteroatoms. The average molecular weight is 530 g/mol. The highest BCUT2D eigenvalue weighted by Crippen LogP contribution is 2.49. The number of hydrogen-bond acceptors (Lipinski definition) is 6. The number of carbonyl (C=O) groups excluding carboxylic acids is 2. The third-order valence-corrected chi connectivity index (χ3v) is 9.69. The highest BCUT2D eigenvalue weighted by molar-refractivity contribution is 5.98. The molecule has 0 heterocycles. The van der Waals surface area contributed by atoms with Gasteiger partial charge in [-0.2, -0.15) is 4.91 Å². The molecular weight excluding hydrogens is 489 g/mol. The Hall–Kier alpha value is -2.71. The number of halogens is 1. The minimum Gasteiger partial charge on any atom is -0.496 e. The summed E-state index contributed by atoms with van der Waals surface area (Å²) in [6.45, 7) is 3.20. The maximum Gasteiger partial charge on any atom is 0.255 e. The number of nitrogens with one attached hydrogen (secondary N) is 2. The summed E-state index contributed by atoms with van der Waals surface area (Å²) in [5.74, 6) is -0.247. The van der Waals surface area contributed by atoms with Gasteiger partial charge in [-0.3, -0.25) is 9.59 Å². The first kappa shape index (κ1) is 26.9. The van der Waals surface area contributed by atoms with E-state index in [1.165, 1.54) is 25.7 Å². The van der Waals surface area contributed by atoms with Crippen LogP contribution in [0.4, 0.5) is 4.39 Å². The highest BCUT2D eigenvalue weighted by Gasteiger charge is 2.51. The number of benzene rings is 1. The molecule has 1 aromatic carbocycles. The lowest BCUT2D eigenvalue weighted by Gasteiger charge is -2.39. The summed E-state index contributed by atoms with van der Waals surface area (Å²) in [5.41, 5.74) is 0.390. The maximum absolute atomic E-state index is 14.9. The molecule has 2 bridgehead atoms. The first-order valence-corrected chi connectivity index (χ1v) is 14.2. The smallest absolute Gasteiger partial charge is 0.255 e. The molecule has 0 aromatic heterocycles. The normalized spacial score (nSPS) is 31.2. The zero-order valence-corrected chi connectivity index (χ0v) is 22.5. The first-order chi connectivity index (χ1) is 18.3. The van der Waals surface area contributed by atoms with E-state index in [0.29, 0.717) is 25.9 Å². The van der Waals surface area contributed by atoms with E-state index in [9.17, 15) is 18.9 Å². The molecule has 0 aliphatic heterocycles. The predicted molar refractivity (Wildman–Crippen MR) is 141 cm³/mol. The molecule has 4 fully saturated rings. The molecule has 2 amide bonds. The molecular formula is C29H40FN3O5. The Labute approximate surface area is 223 Å². The van der Waals surface area contributed by atoms with Crippen molar-refractivity contribution in [3.63, 3.8) is 0 Å². The number of hydrogen-bond donors (Lipinski definition) is 2. The van der Waals surface area contributed by atoms with Crippen molar-refractivity contribution in [1.82, 2.24) is 10.6 Å². The molecule has 8 nitrogen and oxygen atoms in total. The van der Waals surface area contributed by atoms with Crippen LogP contribution in [0.15, 0.2) is 17.3 Å². The van der Waals surface area contributed by atoms with E-state index >= 15 is 0 Å². The monoisotopic (exact) mass is 529 g/mol. The van der Waals surface area contributed by atoms with Crippen LogP contribution in [0.1, 0.15) is 81.5 Å². The van der Waals surface area contributed by atoms with Crippen molar-refractivity contribution < 1.29 is 23.5 Å². The van der Waals surface area contributed by atoms with E-state index in [-0.39, 0.29) is 70.1 Å². The largest absolute Gasteiger partial charge is 0.496 e. The molecule has 5 rings (SSSR count). The Morgan fingerprint density at radius 2 is 1.82 bits per heavy atom. The number of rotatable bonds is 10.